The highest BCUT2D eigenvalue weighted by molar-refractivity contribution is 6.30. The van der Waals surface area contributed by atoms with Crippen molar-refractivity contribution in [3.05, 3.63) is 70.7 Å². The molecule has 1 heterocycles. The van der Waals surface area contributed by atoms with E-state index in [1.165, 1.54) is 0 Å². The minimum atomic E-state index is -1.13. The van der Waals surface area contributed by atoms with Crippen LogP contribution in [0.15, 0.2) is 54.6 Å². The van der Waals surface area contributed by atoms with Gasteiger partial charge < -0.3 is 10.6 Å². The Labute approximate surface area is 162 Å². The molecule has 0 saturated carbocycles. The Morgan fingerprint density at radius 3 is 2.56 bits per heavy atom. The highest BCUT2D eigenvalue weighted by atomic mass is 35.5. The predicted molar refractivity (Wildman–Crippen MR) is 102 cm³/mol. The van der Waals surface area contributed by atoms with E-state index in [1.54, 1.807) is 30.3 Å². The van der Waals surface area contributed by atoms with E-state index in [0.29, 0.717) is 17.0 Å². The van der Waals surface area contributed by atoms with Crippen LogP contribution in [0, 0.1) is 0 Å². The van der Waals surface area contributed by atoms with Gasteiger partial charge in [-0.3, -0.25) is 14.5 Å². The van der Waals surface area contributed by atoms with Crippen LogP contribution in [0.25, 0.3) is 0 Å². The molecule has 6 nitrogen and oxygen atoms in total. The quantitative estimate of drug-likeness (QED) is 0.750. The summed E-state index contributed by atoms with van der Waals surface area (Å²) in [6, 6.07) is 15.6. The molecular formula is C20H20ClN3O3. The fraction of sp³-hybridized carbons (Fsp3) is 0.250. The third kappa shape index (κ3) is 3.80. The first-order chi connectivity index (χ1) is 13.0. The van der Waals surface area contributed by atoms with E-state index >= 15 is 0 Å². The van der Waals surface area contributed by atoms with Crippen molar-refractivity contribution in [1.82, 2.24) is 15.5 Å². The van der Waals surface area contributed by atoms with Crippen molar-refractivity contribution in [3.63, 3.8) is 0 Å². The molecular weight excluding hydrogens is 366 g/mol. The van der Waals surface area contributed by atoms with E-state index in [0.717, 1.165) is 10.5 Å². The molecule has 1 aliphatic heterocycles. The van der Waals surface area contributed by atoms with Gasteiger partial charge >= 0.3 is 6.03 Å². The fourth-order valence-corrected chi connectivity index (χ4v) is 3.39. The van der Waals surface area contributed by atoms with Crippen LogP contribution >= 0.6 is 11.6 Å². The molecule has 0 bridgehead atoms. The molecule has 27 heavy (non-hydrogen) atoms. The number of halogens is 1. The molecule has 0 unspecified atom stereocenters. The monoisotopic (exact) mass is 385 g/mol. The van der Waals surface area contributed by atoms with Gasteiger partial charge in [0.15, 0.2) is 0 Å². The second kappa shape index (κ2) is 7.80. The Morgan fingerprint density at radius 1 is 1.15 bits per heavy atom. The maximum Gasteiger partial charge on any atom is 0.325 e. The normalized spacial score (nSPS) is 19.1. The number of urea groups is 1. The minimum absolute atomic E-state index is 0.265. The number of benzene rings is 2. The number of nitrogens with zero attached hydrogens (tertiary/aromatic N) is 1. The van der Waals surface area contributed by atoms with E-state index in [2.05, 4.69) is 10.6 Å². The summed E-state index contributed by atoms with van der Waals surface area (Å²) in [4.78, 5) is 38.6. The lowest BCUT2D eigenvalue weighted by atomic mass is 9.87. The van der Waals surface area contributed by atoms with Crippen molar-refractivity contribution in [2.45, 2.75) is 25.4 Å². The molecule has 0 spiro atoms. The number of carbonyl (C=O) groups is 3. The van der Waals surface area contributed by atoms with E-state index in [9.17, 15) is 14.4 Å². The van der Waals surface area contributed by atoms with Gasteiger partial charge in [-0.2, -0.15) is 0 Å². The van der Waals surface area contributed by atoms with Crippen molar-refractivity contribution in [2.24, 2.45) is 0 Å². The van der Waals surface area contributed by atoms with Gasteiger partial charge in [-0.25, -0.2) is 4.79 Å². The number of rotatable bonds is 6. The first kappa shape index (κ1) is 18.9. The van der Waals surface area contributed by atoms with E-state index in [1.807, 2.05) is 31.2 Å². The van der Waals surface area contributed by atoms with Crippen LogP contribution < -0.4 is 10.6 Å². The smallest absolute Gasteiger partial charge is 0.325 e. The summed E-state index contributed by atoms with van der Waals surface area (Å²) in [6.45, 7) is 1.76. The lowest BCUT2D eigenvalue weighted by Gasteiger charge is -2.25. The van der Waals surface area contributed by atoms with E-state index in [-0.39, 0.29) is 13.1 Å². The lowest BCUT2D eigenvalue weighted by molar-refractivity contribution is -0.135. The van der Waals surface area contributed by atoms with Crippen molar-refractivity contribution >= 4 is 29.4 Å². The van der Waals surface area contributed by atoms with E-state index < -0.39 is 23.4 Å². The van der Waals surface area contributed by atoms with Crippen LogP contribution in [-0.2, 0) is 21.7 Å². The molecule has 0 radical (unpaired) electrons. The summed E-state index contributed by atoms with van der Waals surface area (Å²) in [7, 11) is 0. The van der Waals surface area contributed by atoms with Gasteiger partial charge in [0.1, 0.15) is 12.1 Å². The zero-order chi connectivity index (χ0) is 19.4. The maximum atomic E-state index is 13.0. The first-order valence-electron chi connectivity index (χ1n) is 8.67. The average Bonchev–Trinajstić information content (AvgIpc) is 2.92. The summed E-state index contributed by atoms with van der Waals surface area (Å²) in [5.74, 6) is -0.836. The fourth-order valence-electron chi connectivity index (χ4n) is 3.18. The highest BCUT2D eigenvalue weighted by Gasteiger charge is 2.51. The maximum absolute atomic E-state index is 13.0. The SMILES string of the molecule is CC[C@@]1(c2ccccc2)NC(=O)N(CC(=O)NCc2cccc(Cl)c2)C1=O. The Balaban J connectivity index is 1.69. The van der Waals surface area contributed by atoms with Crippen molar-refractivity contribution in [3.8, 4) is 0 Å². The van der Waals surface area contributed by atoms with Gasteiger partial charge in [0.2, 0.25) is 5.91 Å². The van der Waals surface area contributed by atoms with Gasteiger partial charge in [0.25, 0.3) is 5.91 Å². The molecule has 2 aromatic carbocycles. The number of carbonyl (C=O) groups excluding carboxylic acids is 3. The van der Waals surface area contributed by atoms with Crippen LogP contribution in [0.2, 0.25) is 5.02 Å². The molecule has 0 aliphatic carbocycles. The van der Waals surface area contributed by atoms with Crippen LogP contribution in [0.5, 0.6) is 0 Å². The third-order valence-electron chi connectivity index (χ3n) is 4.65. The Morgan fingerprint density at radius 2 is 1.89 bits per heavy atom. The second-order valence-corrected chi connectivity index (χ2v) is 6.79. The Hall–Kier alpha value is -2.86. The van der Waals surface area contributed by atoms with Gasteiger partial charge in [-0.05, 0) is 29.7 Å². The second-order valence-electron chi connectivity index (χ2n) is 6.35. The number of nitrogens with one attached hydrogen (secondary N) is 2. The molecule has 1 aliphatic rings. The average molecular weight is 386 g/mol. The molecule has 0 aromatic heterocycles. The van der Waals surface area contributed by atoms with Crippen LogP contribution in [0.1, 0.15) is 24.5 Å². The number of imide groups is 1. The number of hydrogen-bond acceptors (Lipinski definition) is 3. The standard InChI is InChI=1S/C20H20ClN3O3/c1-2-20(15-8-4-3-5-9-15)18(26)24(19(27)23-20)13-17(25)22-12-14-7-6-10-16(21)11-14/h3-11H,2,12-13H2,1H3,(H,22,25)(H,23,27)/t20-/m0/s1. The molecule has 4 amide bonds. The van der Waals surface area contributed by atoms with Gasteiger partial charge in [-0.15, -0.1) is 0 Å². The van der Waals surface area contributed by atoms with Crippen LogP contribution in [0.3, 0.4) is 0 Å². The molecule has 2 aromatic rings. The minimum Gasteiger partial charge on any atom is -0.350 e. The molecule has 1 atom stereocenters. The highest BCUT2D eigenvalue weighted by Crippen LogP contribution is 2.32. The first-order valence-corrected chi connectivity index (χ1v) is 9.05. The Kier molecular flexibility index (Phi) is 5.46. The molecule has 140 valence electrons. The van der Waals surface area contributed by atoms with Gasteiger partial charge in [0, 0.05) is 11.6 Å². The zero-order valence-corrected chi connectivity index (χ0v) is 15.6. The summed E-state index contributed by atoms with van der Waals surface area (Å²) >= 11 is 5.92. The van der Waals surface area contributed by atoms with E-state index in [4.69, 9.17) is 11.6 Å². The summed E-state index contributed by atoms with van der Waals surface area (Å²) in [5, 5.41) is 6.04. The predicted octanol–water partition coefficient (Wildman–Crippen LogP) is 2.81. The molecule has 7 heteroatoms. The van der Waals surface area contributed by atoms with Crippen LogP contribution in [-0.4, -0.2) is 29.3 Å². The summed E-state index contributed by atoms with van der Waals surface area (Å²) in [5.41, 5.74) is 0.402. The molecule has 2 N–H and O–H groups in total. The third-order valence-corrected chi connectivity index (χ3v) is 4.89. The molecule has 3 rings (SSSR count). The van der Waals surface area contributed by atoms with Gasteiger partial charge in [-0.1, -0.05) is 61.0 Å². The van der Waals surface area contributed by atoms with Crippen molar-refractivity contribution in [2.75, 3.05) is 6.54 Å². The van der Waals surface area contributed by atoms with Crippen molar-refractivity contribution < 1.29 is 14.4 Å². The topological polar surface area (TPSA) is 78.5 Å². The largest absolute Gasteiger partial charge is 0.350 e. The number of hydrogen-bond donors (Lipinski definition) is 2. The van der Waals surface area contributed by atoms with Gasteiger partial charge in [0.05, 0.1) is 0 Å². The number of amides is 4. The molecule has 1 saturated heterocycles. The Bertz CT molecular complexity index is 872. The summed E-state index contributed by atoms with van der Waals surface area (Å²) < 4.78 is 0. The molecule has 1 fully saturated rings. The zero-order valence-electron chi connectivity index (χ0n) is 14.9. The van der Waals surface area contributed by atoms with Crippen molar-refractivity contribution in [1.29, 1.82) is 0 Å². The lowest BCUT2D eigenvalue weighted by Crippen LogP contribution is -2.44. The van der Waals surface area contributed by atoms with Crippen LogP contribution in [0.4, 0.5) is 4.79 Å². The summed E-state index contributed by atoms with van der Waals surface area (Å²) in [6.07, 6.45) is 0.391.